The summed E-state index contributed by atoms with van der Waals surface area (Å²) in [7, 11) is 3.84. The van der Waals surface area contributed by atoms with Crippen LogP contribution in [0, 0.1) is 12.7 Å². The van der Waals surface area contributed by atoms with Crippen molar-refractivity contribution in [1.82, 2.24) is 9.97 Å². The summed E-state index contributed by atoms with van der Waals surface area (Å²) in [5.41, 5.74) is 2.06. The molecule has 0 amide bonds. The molecule has 0 bridgehead atoms. The Bertz CT molecular complexity index is 610. The van der Waals surface area contributed by atoms with E-state index >= 15 is 0 Å². The predicted octanol–water partition coefficient (Wildman–Crippen LogP) is 3.16. The van der Waals surface area contributed by atoms with E-state index in [4.69, 9.17) is 0 Å². The molecule has 0 unspecified atom stereocenters. The first-order chi connectivity index (χ1) is 10.0. The van der Waals surface area contributed by atoms with Crippen LogP contribution in [0.5, 0.6) is 0 Å². The summed E-state index contributed by atoms with van der Waals surface area (Å²) >= 11 is 0. The minimum absolute atomic E-state index is 0.217. The number of nitrogens with zero attached hydrogens (tertiary/aromatic N) is 3. The average molecular weight is 288 g/mol. The number of rotatable bonds is 5. The van der Waals surface area contributed by atoms with Gasteiger partial charge in [-0.05, 0) is 24.6 Å². The number of hydrogen-bond acceptors (Lipinski definition) is 4. The number of hydrogen-bond donors (Lipinski definition) is 1. The van der Waals surface area contributed by atoms with E-state index in [9.17, 15) is 4.39 Å². The van der Waals surface area contributed by atoms with Gasteiger partial charge in [0.05, 0.1) is 0 Å². The third kappa shape index (κ3) is 3.48. The Morgan fingerprint density at radius 3 is 2.43 bits per heavy atom. The molecular formula is C16H21FN4. The van der Waals surface area contributed by atoms with Crippen LogP contribution in [-0.2, 0) is 13.0 Å². The highest BCUT2D eigenvalue weighted by Crippen LogP contribution is 2.24. The molecule has 0 atom stereocenters. The smallest absolute Gasteiger partial charge is 0.137 e. The SMILES string of the molecule is CCc1nc(NC)c(C)c(N(C)Cc2ccc(F)cc2)n1. The van der Waals surface area contributed by atoms with Crippen molar-refractivity contribution in [3.05, 3.63) is 47.0 Å². The summed E-state index contributed by atoms with van der Waals surface area (Å²) in [6.07, 6.45) is 0.784. The molecule has 0 saturated heterocycles. The van der Waals surface area contributed by atoms with Gasteiger partial charge in [-0.25, -0.2) is 14.4 Å². The van der Waals surface area contributed by atoms with Gasteiger partial charge >= 0.3 is 0 Å². The van der Waals surface area contributed by atoms with Crippen molar-refractivity contribution in [3.8, 4) is 0 Å². The monoisotopic (exact) mass is 288 g/mol. The zero-order chi connectivity index (χ0) is 15.4. The third-order valence-corrected chi connectivity index (χ3v) is 3.41. The largest absolute Gasteiger partial charge is 0.373 e. The quantitative estimate of drug-likeness (QED) is 0.917. The number of anilines is 2. The van der Waals surface area contributed by atoms with E-state index in [0.29, 0.717) is 6.54 Å². The van der Waals surface area contributed by atoms with Gasteiger partial charge < -0.3 is 10.2 Å². The highest BCUT2D eigenvalue weighted by atomic mass is 19.1. The van der Waals surface area contributed by atoms with E-state index in [-0.39, 0.29) is 5.82 Å². The first-order valence-electron chi connectivity index (χ1n) is 7.06. The van der Waals surface area contributed by atoms with Crippen molar-refractivity contribution >= 4 is 11.6 Å². The molecule has 0 radical (unpaired) electrons. The van der Waals surface area contributed by atoms with E-state index in [0.717, 1.165) is 35.0 Å². The Kier molecular flexibility index (Phi) is 4.73. The molecule has 1 aromatic carbocycles. The number of aryl methyl sites for hydroxylation is 1. The maximum absolute atomic E-state index is 13.0. The van der Waals surface area contributed by atoms with Crippen molar-refractivity contribution in [2.75, 3.05) is 24.3 Å². The van der Waals surface area contributed by atoms with Crippen LogP contribution in [0.2, 0.25) is 0 Å². The summed E-state index contributed by atoms with van der Waals surface area (Å²) in [4.78, 5) is 11.1. The van der Waals surface area contributed by atoms with Crippen LogP contribution in [-0.4, -0.2) is 24.1 Å². The summed E-state index contributed by atoms with van der Waals surface area (Å²) in [5.74, 6) is 2.34. The molecule has 0 spiro atoms. The van der Waals surface area contributed by atoms with Gasteiger partial charge in [-0.2, -0.15) is 0 Å². The van der Waals surface area contributed by atoms with Gasteiger partial charge in [0.1, 0.15) is 23.3 Å². The highest BCUT2D eigenvalue weighted by molar-refractivity contribution is 5.58. The minimum Gasteiger partial charge on any atom is -0.373 e. The van der Waals surface area contributed by atoms with Crippen molar-refractivity contribution < 1.29 is 4.39 Å². The fraction of sp³-hybridized carbons (Fsp3) is 0.375. The summed E-state index contributed by atoms with van der Waals surface area (Å²) in [6.45, 7) is 4.71. The van der Waals surface area contributed by atoms with Crippen LogP contribution < -0.4 is 10.2 Å². The van der Waals surface area contributed by atoms with Crippen LogP contribution in [0.15, 0.2) is 24.3 Å². The summed E-state index contributed by atoms with van der Waals surface area (Å²) in [6, 6.07) is 6.54. The normalized spacial score (nSPS) is 10.5. The number of nitrogens with one attached hydrogen (secondary N) is 1. The van der Waals surface area contributed by atoms with Crippen LogP contribution in [0.25, 0.3) is 0 Å². The molecule has 0 aliphatic heterocycles. The van der Waals surface area contributed by atoms with Crippen LogP contribution >= 0.6 is 0 Å². The molecule has 112 valence electrons. The van der Waals surface area contributed by atoms with Crippen LogP contribution in [0.4, 0.5) is 16.0 Å². The van der Waals surface area contributed by atoms with E-state index in [2.05, 4.69) is 20.2 Å². The van der Waals surface area contributed by atoms with Gasteiger partial charge in [0.2, 0.25) is 0 Å². The van der Waals surface area contributed by atoms with Gasteiger partial charge in [0.15, 0.2) is 0 Å². The summed E-state index contributed by atoms with van der Waals surface area (Å²) < 4.78 is 13.0. The first-order valence-corrected chi connectivity index (χ1v) is 7.06. The predicted molar refractivity (Wildman–Crippen MR) is 84.2 cm³/mol. The molecule has 1 aromatic heterocycles. The Hall–Kier alpha value is -2.17. The van der Waals surface area contributed by atoms with E-state index in [1.54, 1.807) is 12.1 Å². The average Bonchev–Trinajstić information content (AvgIpc) is 2.49. The first kappa shape index (κ1) is 15.2. The number of benzene rings is 1. The third-order valence-electron chi connectivity index (χ3n) is 3.41. The molecule has 1 N–H and O–H groups in total. The van der Waals surface area contributed by atoms with Crippen molar-refractivity contribution in [1.29, 1.82) is 0 Å². The molecule has 4 nitrogen and oxygen atoms in total. The van der Waals surface area contributed by atoms with E-state index in [1.165, 1.54) is 12.1 Å². The Morgan fingerprint density at radius 1 is 1.19 bits per heavy atom. The lowest BCUT2D eigenvalue weighted by Gasteiger charge is -2.22. The molecular weight excluding hydrogens is 267 g/mol. The molecule has 5 heteroatoms. The standard InChI is InChI=1S/C16H21FN4/c1-5-14-19-15(18-3)11(2)16(20-14)21(4)10-12-6-8-13(17)9-7-12/h6-9H,5,10H2,1-4H3,(H,18,19,20). The van der Waals surface area contributed by atoms with E-state index in [1.807, 2.05) is 27.9 Å². The number of aromatic nitrogens is 2. The molecule has 0 fully saturated rings. The Labute approximate surface area is 125 Å². The van der Waals surface area contributed by atoms with Gasteiger partial charge in [-0.1, -0.05) is 19.1 Å². The second-order valence-electron chi connectivity index (χ2n) is 5.02. The number of halogens is 1. The van der Waals surface area contributed by atoms with Gasteiger partial charge in [0, 0.05) is 32.6 Å². The van der Waals surface area contributed by atoms with Crippen LogP contribution in [0.1, 0.15) is 23.9 Å². The molecule has 1 heterocycles. The zero-order valence-corrected chi connectivity index (χ0v) is 12.9. The summed E-state index contributed by atoms with van der Waals surface area (Å²) in [5, 5.41) is 3.11. The Balaban J connectivity index is 2.29. The highest BCUT2D eigenvalue weighted by Gasteiger charge is 2.13. The zero-order valence-electron chi connectivity index (χ0n) is 12.9. The lowest BCUT2D eigenvalue weighted by Crippen LogP contribution is -2.20. The lowest BCUT2D eigenvalue weighted by atomic mass is 10.2. The fourth-order valence-electron chi connectivity index (χ4n) is 2.26. The topological polar surface area (TPSA) is 41.1 Å². The van der Waals surface area contributed by atoms with Crippen LogP contribution in [0.3, 0.4) is 0 Å². The minimum atomic E-state index is -0.217. The molecule has 0 saturated carbocycles. The maximum atomic E-state index is 13.0. The van der Waals surface area contributed by atoms with Gasteiger partial charge in [-0.15, -0.1) is 0 Å². The van der Waals surface area contributed by atoms with Crippen molar-refractivity contribution in [2.24, 2.45) is 0 Å². The maximum Gasteiger partial charge on any atom is 0.137 e. The van der Waals surface area contributed by atoms with Gasteiger partial charge in [0.25, 0.3) is 0 Å². The van der Waals surface area contributed by atoms with Gasteiger partial charge in [-0.3, -0.25) is 0 Å². The van der Waals surface area contributed by atoms with Crippen molar-refractivity contribution in [3.63, 3.8) is 0 Å². The molecule has 2 aromatic rings. The van der Waals surface area contributed by atoms with Crippen molar-refractivity contribution in [2.45, 2.75) is 26.8 Å². The second kappa shape index (κ2) is 6.52. The molecule has 2 rings (SSSR count). The molecule has 0 aliphatic carbocycles. The fourth-order valence-corrected chi connectivity index (χ4v) is 2.26. The Morgan fingerprint density at radius 2 is 1.86 bits per heavy atom. The van der Waals surface area contributed by atoms with E-state index < -0.39 is 0 Å². The lowest BCUT2D eigenvalue weighted by molar-refractivity contribution is 0.627. The second-order valence-corrected chi connectivity index (χ2v) is 5.02. The molecule has 21 heavy (non-hydrogen) atoms. The molecule has 0 aliphatic rings.